The number of amides is 1. The van der Waals surface area contributed by atoms with Gasteiger partial charge in [-0.1, -0.05) is 23.9 Å². The fourth-order valence-electron chi connectivity index (χ4n) is 2.85. The normalized spacial score (nSPS) is 14.5. The van der Waals surface area contributed by atoms with Crippen LogP contribution in [0.4, 0.5) is 11.6 Å². The van der Waals surface area contributed by atoms with E-state index in [2.05, 4.69) is 31.9 Å². The van der Waals surface area contributed by atoms with Crippen LogP contribution in [0.1, 0.15) is 18.1 Å². The molecule has 0 spiro atoms. The average Bonchev–Trinajstić information content (AvgIpc) is 3.06. The highest BCUT2D eigenvalue weighted by Gasteiger charge is 2.20. The molecule has 7 nitrogen and oxygen atoms in total. The van der Waals surface area contributed by atoms with Crippen LogP contribution in [0.2, 0.25) is 0 Å². The Morgan fingerprint density at radius 3 is 2.77 bits per heavy atom. The summed E-state index contributed by atoms with van der Waals surface area (Å²) in [5.74, 6) is 1.12. The van der Waals surface area contributed by atoms with Gasteiger partial charge in [0.15, 0.2) is 5.16 Å². The van der Waals surface area contributed by atoms with Crippen LogP contribution in [0.5, 0.6) is 0 Å². The van der Waals surface area contributed by atoms with Crippen LogP contribution in [-0.4, -0.2) is 52.7 Å². The minimum Gasteiger partial charge on any atom is -0.378 e. The van der Waals surface area contributed by atoms with Crippen molar-refractivity contribution in [3.8, 4) is 0 Å². The van der Waals surface area contributed by atoms with Gasteiger partial charge in [0.25, 0.3) is 0 Å². The molecule has 26 heavy (non-hydrogen) atoms. The van der Waals surface area contributed by atoms with Gasteiger partial charge in [0.1, 0.15) is 0 Å². The Bertz CT molecular complexity index is 771. The highest BCUT2D eigenvalue weighted by Crippen LogP contribution is 2.23. The van der Waals surface area contributed by atoms with Gasteiger partial charge in [0, 0.05) is 25.3 Å². The van der Waals surface area contributed by atoms with Gasteiger partial charge in [0.2, 0.25) is 11.9 Å². The first-order valence-electron chi connectivity index (χ1n) is 8.84. The zero-order valence-electron chi connectivity index (χ0n) is 15.5. The zero-order valence-corrected chi connectivity index (χ0v) is 16.3. The summed E-state index contributed by atoms with van der Waals surface area (Å²) in [6, 6.07) is 6.04. The number of rotatable bonds is 6. The molecule has 1 fully saturated rings. The lowest BCUT2D eigenvalue weighted by Crippen LogP contribution is -2.38. The molecule has 1 aromatic carbocycles. The van der Waals surface area contributed by atoms with Gasteiger partial charge in [-0.3, -0.25) is 9.36 Å². The summed E-state index contributed by atoms with van der Waals surface area (Å²) >= 11 is 1.41. The highest BCUT2D eigenvalue weighted by atomic mass is 32.2. The van der Waals surface area contributed by atoms with Gasteiger partial charge in [-0.05, 0) is 38.0 Å². The predicted octanol–water partition coefficient (Wildman–Crippen LogP) is 2.48. The number of thioether (sulfide) groups is 1. The highest BCUT2D eigenvalue weighted by molar-refractivity contribution is 7.99. The first-order valence-corrected chi connectivity index (χ1v) is 9.83. The van der Waals surface area contributed by atoms with E-state index >= 15 is 0 Å². The number of ether oxygens (including phenoxy) is 1. The van der Waals surface area contributed by atoms with Crippen LogP contribution < -0.4 is 10.2 Å². The summed E-state index contributed by atoms with van der Waals surface area (Å²) < 4.78 is 7.45. The molecule has 2 heterocycles. The maximum Gasteiger partial charge on any atom is 0.234 e. The number of hydrogen-bond acceptors (Lipinski definition) is 6. The Balaban J connectivity index is 1.63. The van der Waals surface area contributed by atoms with E-state index < -0.39 is 0 Å². The molecule has 0 atom stereocenters. The SMILES string of the molecule is CCn1c(SCC(=O)Nc2cc(C)ccc2C)nnc1N1CCOCC1. The average molecular weight is 375 g/mol. The van der Waals surface area contributed by atoms with Gasteiger partial charge in [-0.15, -0.1) is 10.2 Å². The molecule has 1 aromatic heterocycles. The lowest BCUT2D eigenvalue weighted by Gasteiger charge is -2.27. The monoisotopic (exact) mass is 375 g/mol. The number of aryl methyl sites for hydroxylation is 2. The third-order valence-electron chi connectivity index (χ3n) is 4.31. The summed E-state index contributed by atoms with van der Waals surface area (Å²) in [5.41, 5.74) is 3.04. The summed E-state index contributed by atoms with van der Waals surface area (Å²) in [5, 5.41) is 12.4. The van der Waals surface area contributed by atoms with E-state index in [1.807, 2.05) is 32.0 Å². The molecule has 8 heteroatoms. The van der Waals surface area contributed by atoms with E-state index in [9.17, 15) is 4.79 Å². The third-order valence-corrected chi connectivity index (χ3v) is 5.27. The minimum absolute atomic E-state index is 0.0396. The number of nitrogens with zero attached hydrogens (tertiary/aromatic N) is 4. The van der Waals surface area contributed by atoms with Crippen molar-refractivity contribution in [1.82, 2.24) is 14.8 Å². The van der Waals surface area contributed by atoms with Crippen molar-refractivity contribution in [1.29, 1.82) is 0 Å². The lowest BCUT2D eigenvalue weighted by atomic mass is 10.1. The fraction of sp³-hybridized carbons (Fsp3) is 0.500. The Kier molecular flexibility index (Phi) is 6.16. The maximum absolute atomic E-state index is 12.3. The van der Waals surface area contributed by atoms with Crippen molar-refractivity contribution < 1.29 is 9.53 Å². The first-order chi connectivity index (χ1) is 12.6. The van der Waals surface area contributed by atoms with Gasteiger partial charge < -0.3 is 15.0 Å². The zero-order chi connectivity index (χ0) is 18.5. The van der Waals surface area contributed by atoms with Crippen LogP contribution >= 0.6 is 11.8 Å². The molecule has 1 aliphatic heterocycles. The van der Waals surface area contributed by atoms with E-state index in [4.69, 9.17) is 4.74 Å². The van der Waals surface area contributed by atoms with E-state index in [1.165, 1.54) is 11.8 Å². The molecule has 0 unspecified atom stereocenters. The van der Waals surface area contributed by atoms with Gasteiger partial charge in [0.05, 0.1) is 19.0 Å². The predicted molar refractivity (Wildman–Crippen MR) is 104 cm³/mol. The summed E-state index contributed by atoms with van der Waals surface area (Å²) in [6.07, 6.45) is 0. The Morgan fingerprint density at radius 2 is 2.04 bits per heavy atom. The van der Waals surface area contributed by atoms with Crippen molar-refractivity contribution in [3.05, 3.63) is 29.3 Å². The van der Waals surface area contributed by atoms with Crippen molar-refractivity contribution in [3.63, 3.8) is 0 Å². The van der Waals surface area contributed by atoms with Gasteiger partial charge in [-0.2, -0.15) is 0 Å². The lowest BCUT2D eigenvalue weighted by molar-refractivity contribution is -0.113. The fourth-order valence-corrected chi connectivity index (χ4v) is 3.65. The van der Waals surface area contributed by atoms with Gasteiger partial charge >= 0.3 is 0 Å². The number of hydrogen-bond donors (Lipinski definition) is 1. The minimum atomic E-state index is -0.0396. The van der Waals surface area contributed by atoms with Crippen LogP contribution in [0.15, 0.2) is 23.4 Å². The third kappa shape index (κ3) is 4.37. The molecule has 1 aliphatic rings. The molecule has 1 N–H and O–H groups in total. The molecule has 1 amide bonds. The van der Waals surface area contributed by atoms with Crippen LogP contribution in [0, 0.1) is 13.8 Å². The Morgan fingerprint density at radius 1 is 1.27 bits per heavy atom. The molecule has 0 saturated carbocycles. The number of benzene rings is 1. The standard InChI is InChI=1S/C18H25N5O2S/c1-4-23-17(22-7-9-25-10-8-22)20-21-18(23)26-12-16(24)19-15-11-13(2)5-6-14(15)3/h5-6,11H,4,7-10,12H2,1-3H3,(H,19,24). The van der Waals surface area contributed by atoms with E-state index in [-0.39, 0.29) is 5.91 Å². The topological polar surface area (TPSA) is 72.3 Å². The van der Waals surface area contributed by atoms with Crippen molar-refractivity contribution >= 4 is 29.3 Å². The quantitative estimate of drug-likeness (QED) is 0.782. The number of morpholine rings is 1. The smallest absolute Gasteiger partial charge is 0.234 e. The number of anilines is 2. The van der Waals surface area contributed by atoms with E-state index in [0.717, 1.165) is 47.6 Å². The van der Waals surface area contributed by atoms with Crippen LogP contribution in [0.3, 0.4) is 0 Å². The molecule has 140 valence electrons. The van der Waals surface area contributed by atoms with E-state index in [0.29, 0.717) is 19.0 Å². The second-order valence-electron chi connectivity index (χ2n) is 6.28. The van der Waals surface area contributed by atoms with Crippen LogP contribution in [-0.2, 0) is 16.1 Å². The van der Waals surface area contributed by atoms with Gasteiger partial charge in [-0.25, -0.2) is 0 Å². The molecule has 0 radical (unpaired) electrons. The summed E-state index contributed by atoms with van der Waals surface area (Å²) in [7, 11) is 0. The second-order valence-corrected chi connectivity index (χ2v) is 7.22. The van der Waals surface area contributed by atoms with Crippen molar-refractivity contribution in [2.75, 3.05) is 42.3 Å². The number of aromatic nitrogens is 3. The molecular weight excluding hydrogens is 350 g/mol. The van der Waals surface area contributed by atoms with Crippen LogP contribution in [0.25, 0.3) is 0 Å². The van der Waals surface area contributed by atoms with E-state index in [1.54, 1.807) is 0 Å². The van der Waals surface area contributed by atoms with Crippen molar-refractivity contribution in [2.24, 2.45) is 0 Å². The Hall–Kier alpha value is -2.06. The Labute approximate surface area is 158 Å². The molecule has 0 bridgehead atoms. The number of carbonyl (C=O) groups excluding carboxylic acids is 1. The second kappa shape index (κ2) is 8.55. The molecule has 0 aliphatic carbocycles. The first kappa shape index (κ1) is 18.7. The largest absolute Gasteiger partial charge is 0.378 e. The number of nitrogens with one attached hydrogen (secondary N) is 1. The molecule has 1 saturated heterocycles. The molecule has 3 rings (SSSR count). The maximum atomic E-state index is 12.3. The summed E-state index contributed by atoms with van der Waals surface area (Å²) in [6.45, 7) is 9.87. The number of carbonyl (C=O) groups is 1. The summed E-state index contributed by atoms with van der Waals surface area (Å²) in [4.78, 5) is 14.5. The van der Waals surface area contributed by atoms with Crippen molar-refractivity contribution in [2.45, 2.75) is 32.5 Å². The molecular formula is C18H25N5O2S. The molecule has 2 aromatic rings.